The van der Waals surface area contributed by atoms with E-state index < -0.39 is 0 Å². The van der Waals surface area contributed by atoms with Gasteiger partial charge < -0.3 is 15.1 Å². The molecule has 0 fully saturated rings. The summed E-state index contributed by atoms with van der Waals surface area (Å²) < 4.78 is 5.29. The summed E-state index contributed by atoms with van der Waals surface area (Å²) in [5, 5.41) is 0.980. The van der Waals surface area contributed by atoms with E-state index in [9.17, 15) is 0 Å². The molecule has 0 aliphatic heterocycles. The first-order valence-electron chi connectivity index (χ1n) is 4.29. The van der Waals surface area contributed by atoms with Crippen LogP contribution in [0.1, 0.15) is 11.0 Å². The second-order valence-corrected chi connectivity index (χ2v) is 3.94. The lowest BCUT2D eigenvalue weighted by Crippen LogP contribution is -2.08. The summed E-state index contributed by atoms with van der Waals surface area (Å²) in [5.41, 5.74) is 5.66. The number of thioether (sulfide) groups is 1. The maximum atomic E-state index is 5.66. The second kappa shape index (κ2) is 4.34. The highest BCUT2D eigenvalue weighted by Gasteiger charge is 2.14. The van der Waals surface area contributed by atoms with E-state index >= 15 is 0 Å². The van der Waals surface area contributed by atoms with Gasteiger partial charge in [0.15, 0.2) is 5.16 Å². The van der Waals surface area contributed by atoms with Crippen LogP contribution in [-0.4, -0.2) is 16.5 Å². The highest BCUT2D eigenvalue weighted by Crippen LogP contribution is 2.32. The molecule has 2 aromatic rings. The molecule has 2 rings (SSSR count). The topological polar surface area (TPSA) is 67.8 Å². The Morgan fingerprint density at radius 1 is 1.64 bits per heavy atom. The van der Waals surface area contributed by atoms with E-state index in [1.165, 1.54) is 0 Å². The van der Waals surface area contributed by atoms with E-state index in [1.54, 1.807) is 30.4 Å². The molecule has 14 heavy (non-hydrogen) atoms. The van der Waals surface area contributed by atoms with E-state index in [4.69, 9.17) is 10.2 Å². The minimum Gasteiger partial charge on any atom is -0.468 e. The van der Waals surface area contributed by atoms with Crippen LogP contribution in [0.5, 0.6) is 0 Å². The lowest BCUT2D eigenvalue weighted by molar-refractivity contribution is 0.507. The Morgan fingerprint density at radius 3 is 3.14 bits per heavy atom. The SMILES string of the molecule is NCC(Sc1ncc[nH]1)c1ccco1. The minimum absolute atomic E-state index is 0.121. The van der Waals surface area contributed by atoms with E-state index in [1.807, 2.05) is 12.1 Å². The number of nitrogens with one attached hydrogen (secondary N) is 1. The zero-order valence-corrected chi connectivity index (χ0v) is 8.33. The van der Waals surface area contributed by atoms with Crippen LogP contribution in [0.2, 0.25) is 0 Å². The molecule has 2 heterocycles. The van der Waals surface area contributed by atoms with Gasteiger partial charge in [0.05, 0.1) is 11.5 Å². The minimum atomic E-state index is 0.121. The van der Waals surface area contributed by atoms with E-state index in [2.05, 4.69) is 9.97 Å². The molecule has 5 heteroatoms. The second-order valence-electron chi connectivity index (χ2n) is 2.75. The summed E-state index contributed by atoms with van der Waals surface area (Å²) in [4.78, 5) is 7.14. The van der Waals surface area contributed by atoms with Crippen LogP contribution in [0.25, 0.3) is 0 Å². The first-order valence-corrected chi connectivity index (χ1v) is 5.17. The van der Waals surface area contributed by atoms with Crippen molar-refractivity contribution in [2.45, 2.75) is 10.4 Å². The molecule has 1 unspecified atom stereocenters. The van der Waals surface area contributed by atoms with Gasteiger partial charge in [-0.05, 0) is 12.1 Å². The van der Waals surface area contributed by atoms with Crippen molar-refractivity contribution >= 4 is 11.8 Å². The molecule has 0 amide bonds. The van der Waals surface area contributed by atoms with Crippen molar-refractivity contribution in [1.82, 2.24) is 9.97 Å². The summed E-state index contributed by atoms with van der Waals surface area (Å²) in [6.07, 6.45) is 5.16. The third kappa shape index (κ3) is 2.00. The number of H-pyrrole nitrogens is 1. The standard InChI is InChI=1S/C9H11N3OS/c10-6-8(7-2-1-5-13-7)14-9-11-3-4-12-9/h1-5,8H,6,10H2,(H,11,12). The smallest absolute Gasteiger partial charge is 0.166 e. The van der Waals surface area contributed by atoms with Crippen molar-refractivity contribution in [3.05, 3.63) is 36.5 Å². The van der Waals surface area contributed by atoms with Crippen LogP contribution in [0.15, 0.2) is 40.4 Å². The summed E-state index contributed by atoms with van der Waals surface area (Å²) in [6.45, 7) is 0.527. The first kappa shape index (κ1) is 9.36. The van der Waals surface area contributed by atoms with Gasteiger partial charge in [-0.2, -0.15) is 0 Å². The van der Waals surface area contributed by atoms with Crippen LogP contribution in [-0.2, 0) is 0 Å². The molecule has 0 radical (unpaired) electrons. The van der Waals surface area contributed by atoms with Crippen LogP contribution in [0, 0.1) is 0 Å². The summed E-state index contributed by atoms with van der Waals surface area (Å²) in [6, 6.07) is 3.79. The van der Waals surface area contributed by atoms with Crippen LogP contribution < -0.4 is 5.73 Å². The summed E-state index contributed by atoms with van der Waals surface area (Å²) >= 11 is 1.57. The van der Waals surface area contributed by atoms with Gasteiger partial charge in [-0.1, -0.05) is 11.8 Å². The number of hydrogen-bond donors (Lipinski definition) is 2. The average Bonchev–Trinajstić information content (AvgIpc) is 2.86. The lowest BCUT2D eigenvalue weighted by Gasteiger charge is -2.08. The number of imidazole rings is 1. The molecular formula is C9H11N3OS. The van der Waals surface area contributed by atoms with Gasteiger partial charge in [0.1, 0.15) is 5.76 Å². The summed E-state index contributed by atoms with van der Waals surface area (Å²) in [7, 11) is 0. The molecule has 0 aliphatic carbocycles. The van der Waals surface area contributed by atoms with E-state index in [-0.39, 0.29) is 5.25 Å². The van der Waals surface area contributed by atoms with E-state index in [0.717, 1.165) is 10.9 Å². The highest BCUT2D eigenvalue weighted by atomic mass is 32.2. The van der Waals surface area contributed by atoms with Gasteiger partial charge in [-0.3, -0.25) is 0 Å². The number of hydrogen-bond acceptors (Lipinski definition) is 4. The molecule has 0 aliphatic rings. The Bertz CT molecular complexity index is 357. The number of nitrogens with two attached hydrogens (primary N) is 1. The molecule has 0 saturated carbocycles. The molecule has 3 N–H and O–H groups in total. The molecule has 0 spiro atoms. The molecule has 1 atom stereocenters. The van der Waals surface area contributed by atoms with Crippen LogP contribution in [0.4, 0.5) is 0 Å². The van der Waals surface area contributed by atoms with Crippen molar-refractivity contribution in [1.29, 1.82) is 0 Å². The monoisotopic (exact) mass is 209 g/mol. The van der Waals surface area contributed by atoms with E-state index in [0.29, 0.717) is 6.54 Å². The number of rotatable bonds is 4. The Kier molecular flexibility index (Phi) is 2.90. The molecule has 4 nitrogen and oxygen atoms in total. The maximum Gasteiger partial charge on any atom is 0.166 e. The van der Waals surface area contributed by atoms with Crippen molar-refractivity contribution in [3.63, 3.8) is 0 Å². The average molecular weight is 209 g/mol. The maximum absolute atomic E-state index is 5.66. The highest BCUT2D eigenvalue weighted by molar-refractivity contribution is 7.99. The zero-order chi connectivity index (χ0) is 9.80. The molecule has 2 aromatic heterocycles. The Hall–Kier alpha value is -1.20. The van der Waals surface area contributed by atoms with Crippen molar-refractivity contribution in [2.75, 3.05) is 6.54 Å². The molecule has 74 valence electrons. The molecule has 0 bridgehead atoms. The number of furan rings is 1. The van der Waals surface area contributed by atoms with Crippen LogP contribution >= 0.6 is 11.8 Å². The van der Waals surface area contributed by atoms with Crippen molar-refractivity contribution in [2.24, 2.45) is 5.73 Å². The quantitative estimate of drug-likeness (QED) is 0.753. The van der Waals surface area contributed by atoms with Crippen molar-refractivity contribution < 1.29 is 4.42 Å². The fourth-order valence-electron chi connectivity index (χ4n) is 1.15. The molecular weight excluding hydrogens is 198 g/mol. The normalized spacial score (nSPS) is 12.9. The Labute approximate surface area is 85.9 Å². The Morgan fingerprint density at radius 2 is 2.57 bits per heavy atom. The van der Waals surface area contributed by atoms with Gasteiger partial charge in [-0.25, -0.2) is 4.98 Å². The molecule has 0 saturated heterocycles. The lowest BCUT2D eigenvalue weighted by atomic mass is 10.3. The van der Waals surface area contributed by atoms with Crippen molar-refractivity contribution in [3.8, 4) is 0 Å². The zero-order valence-electron chi connectivity index (χ0n) is 7.51. The predicted octanol–water partition coefficient (Wildman–Crippen LogP) is 1.79. The van der Waals surface area contributed by atoms with Gasteiger partial charge >= 0.3 is 0 Å². The van der Waals surface area contributed by atoms with Gasteiger partial charge in [0.25, 0.3) is 0 Å². The summed E-state index contributed by atoms with van der Waals surface area (Å²) in [5.74, 6) is 0.883. The van der Waals surface area contributed by atoms with Gasteiger partial charge in [0.2, 0.25) is 0 Å². The van der Waals surface area contributed by atoms with Gasteiger partial charge in [-0.15, -0.1) is 0 Å². The fourth-order valence-corrected chi connectivity index (χ4v) is 2.02. The largest absolute Gasteiger partial charge is 0.468 e. The third-order valence-electron chi connectivity index (χ3n) is 1.80. The number of aromatic amines is 1. The van der Waals surface area contributed by atoms with Gasteiger partial charge in [0, 0.05) is 18.9 Å². The fraction of sp³-hybridized carbons (Fsp3) is 0.222. The number of nitrogens with zero attached hydrogens (tertiary/aromatic N) is 1. The predicted molar refractivity (Wildman–Crippen MR) is 54.9 cm³/mol. The molecule has 0 aromatic carbocycles. The third-order valence-corrected chi connectivity index (χ3v) is 2.96. The van der Waals surface area contributed by atoms with Crippen LogP contribution in [0.3, 0.4) is 0 Å². The first-order chi connectivity index (χ1) is 6.90. The Balaban J connectivity index is 2.08. The number of aromatic nitrogens is 2.